The maximum Gasteiger partial charge on any atom is 0.255 e. The van der Waals surface area contributed by atoms with Crippen LogP contribution in [-0.2, 0) is 0 Å². The molecule has 0 saturated carbocycles. The molecule has 3 aromatic carbocycles. The van der Waals surface area contributed by atoms with Crippen LogP contribution in [0, 0.1) is 13.8 Å². The number of nitrogens with one attached hydrogen (secondary N) is 1. The molecular formula is C22H18N2O2. The summed E-state index contributed by atoms with van der Waals surface area (Å²) in [4.78, 5) is 16.9. The van der Waals surface area contributed by atoms with Gasteiger partial charge in [-0.2, -0.15) is 0 Å². The lowest BCUT2D eigenvalue weighted by Gasteiger charge is -2.04. The Morgan fingerprint density at radius 1 is 0.962 bits per heavy atom. The van der Waals surface area contributed by atoms with E-state index in [1.165, 1.54) is 5.56 Å². The van der Waals surface area contributed by atoms with Crippen molar-refractivity contribution in [3.63, 3.8) is 0 Å². The molecule has 0 bridgehead atoms. The maximum absolute atomic E-state index is 12.3. The molecule has 26 heavy (non-hydrogen) atoms. The molecule has 1 amide bonds. The SMILES string of the molecule is Cc1ccc(-c2nc3cc(NC(=O)c4ccccc4)ccc3o2)c(C)c1. The van der Waals surface area contributed by atoms with Crippen LogP contribution < -0.4 is 5.32 Å². The molecular weight excluding hydrogens is 324 g/mol. The van der Waals surface area contributed by atoms with Crippen LogP contribution in [0.3, 0.4) is 0 Å². The molecule has 0 atom stereocenters. The molecule has 0 aliphatic rings. The van der Waals surface area contributed by atoms with Gasteiger partial charge in [-0.3, -0.25) is 4.79 Å². The van der Waals surface area contributed by atoms with Crippen LogP contribution in [0.15, 0.2) is 71.1 Å². The molecule has 4 heteroatoms. The molecule has 1 aromatic heterocycles. The fourth-order valence-electron chi connectivity index (χ4n) is 2.97. The molecule has 4 aromatic rings. The summed E-state index contributed by atoms with van der Waals surface area (Å²) in [6.45, 7) is 4.10. The lowest BCUT2D eigenvalue weighted by molar-refractivity contribution is 0.102. The van der Waals surface area contributed by atoms with Crippen molar-refractivity contribution >= 4 is 22.7 Å². The highest BCUT2D eigenvalue weighted by molar-refractivity contribution is 6.04. The summed E-state index contributed by atoms with van der Waals surface area (Å²) < 4.78 is 5.90. The van der Waals surface area contributed by atoms with Gasteiger partial charge in [0.15, 0.2) is 5.58 Å². The predicted molar refractivity (Wildman–Crippen MR) is 103 cm³/mol. The second-order valence-corrected chi connectivity index (χ2v) is 6.34. The molecule has 0 saturated heterocycles. The van der Waals surface area contributed by atoms with Crippen molar-refractivity contribution < 1.29 is 9.21 Å². The van der Waals surface area contributed by atoms with Crippen molar-refractivity contribution in [2.45, 2.75) is 13.8 Å². The molecule has 0 aliphatic heterocycles. The van der Waals surface area contributed by atoms with Gasteiger partial charge >= 0.3 is 0 Å². The Kier molecular flexibility index (Phi) is 4.01. The van der Waals surface area contributed by atoms with E-state index in [2.05, 4.69) is 23.3 Å². The third kappa shape index (κ3) is 3.09. The van der Waals surface area contributed by atoms with Gasteiger partial charge in [0.1, 0.15) is 5.52 Å². The summed E-state index contributed by atoms with van der Waals surface area (Å²) in [5.74, 6) is 0.437. The number of fused-ring (bicyclic) bond motifs is 1. The van der Waals surface area contributed by atoms with Gasteiger partial charge in [-0.15, -0.1) is 0 Å². The van der Waals surface area contributed by atoms with Crippen LogP contribution in [0.25, 0.3) is 22.6 Å². The fourth-order valence-corrected chi connectivity index (χ4v) is 2.97. The topological polar surface area (TPSA) is 55.1 Å². The number of oxazole rings is 1. The first-order valence-corrected chi connectivity index (χ1v) is 8.45. The zero-order valence-electron chi connectivity index (χ0n) is 14.6. The summed E-state index contributed by atoms with van der Waals surface area (Å²) >= 11 is 0. The minimum atomic E-state index is -0.150. The lowest BCUT2D eigenvalue weighted by Crippen LogP contribution is -2.11. The van der Waals surface area contributed by atoms with Crippen LogP contribution in [0.1, 0.15) is 21.5 Å². The maximum atomic E-state index is 12.3. The van der Waals surface area contributed by atoms with Crippen molar-refractivity contribution in [1.29, 1.82) is 0 Å². The average molecular weight is 342 g/mol. The van der Waals surface area contributed by atoms with Crippen LogP contribution in [0.5, 0.6) is 0 Å². The van der Waals surface area contributed by atoms with Gasteiger partial charge in [-0.25, -0.2) is 4.98 Å². The second-order valence-electron chi connectivity index (χ2n) is 6.34. The number of aryl methyl sites for hydroxylation is 2. The highest BCUT2D eigenvalue weighted by Crippen LogP contribution is 2.28. The van der Waals surface area contributed by atoms with Gasteiger partial charge in [0.25, 0.3) is 5.91 Å². The van der Waals surface area contributed by atoms with Gasteiger partial charge in [-0.05, 0) is 55.8 Å². The van der Waals surface area contributed by atoms with E-state index < -0.39 is 0 Å². The minimum Gasteiger partial charge on any atom is -0.436 e. The van der Waals surface area contributed by atoms with E-state index in [0.29, 0.717) is 28.2 Å². The number of nitrogens with zero attached hydrogens (tertiary/aromatic N) is 1. The smallest absolute Gasteiger partial charge is 0.255 e. The van der Waals surface area contributed by atoms with Gasteiger partial charge in [-0.1, -0.05) is 35.9 Å². The van der Waals surface area contributed by atoms with Gasteiger partial charge in [0.2, 0.25) is 5.89 Å². The normalized spacial score (nSPS) is 10.8. The summed E-state index contributed by atoms with van der Waals surface area (Å²) in [7, 11) is 0. The molecule has 4 nitrogen and oxygen atoms in total. The molecule has 0 aliphatic carbocycles. The Hall–Kier alpha value is -3.40. The van der Waals surface area contributed by atoms with Crippen molar-refractivity contribution in [3.05, 3.63) is 83.4 Å². The minimum absolute atomic E-state index is 0.150. The largest absolute Gasteiger partial charge is 0.436 e. The van der Waals surface area contributed by atoms with Gasteiger partial charge in [0.05, 0.1) is 0 Å². The number of amides is 1. The number of anilines is 1. The number of hydrogen-bond donors (Lipinski definition) is 1. The summed E-state index contributed by atoms with van der Waals surface area (Å²) in [5, 5.41) is 2.90. The number of hydrogen-bond acceptors (Lipinski definition) is 3. The molecule has 1 N–H and O–H groups in total. The van der Waals surface area contributed by atoms with Crippen molar-refractivity contribution in [3.8, 4) is 11.5 Å². The standard InChI is InChI=1S/C22H18N2O2/c1-14-8-10-18(15(2)12-14)22-24-19-13-17(9-11-20(19)26-22)23-21(25)16-6-4-3-5-7-16/h3-13H,1-2H3,(H,23,25). The van der Waals surface area contributed by atoms with E-state index in [-0.39, 0.29) is 5.91 Å². The van der Waals surface area contributed by atoms with E-state index in [1.807, 2.05) is 55.5 Å². The van der Waals surface area contributed by atoms with Crippen molar-refractivity contribution in [1.82, 2.24) is 4.98 Å². The number of benzene rings is 3. The van der Waals surface area contributed by atoms with Crippen LogP contribution in [-0.4, -0.2) is 10.9 Å². The number of carbonyl (C=O) groups is 1. The first kappa shape index (κ1) is 16.1. The summed E-state index contributed by atoms with van der Waals surface area (Å²) in [6.07, 6.45) is 0. The van der Waals surface area contributed by atoms with E-state index >= 15 is 0 Å². The zero-order chi connectivity index (χ0) is 18.1. The van der Waals surface area contributed by atoms with Gasteiger partial charge < -0.3 is 9.73 Å². The monoisotopic (exact) mass is 342 g/mol. The quantitative estimate of drug-likeness (QED) is 0.545. The highest BCUT2D eigenvalue weighted by Gasteiger charge is 2.12. The molecule has 0 fully saturated rings. The predicted octanol–water partition coefficient (Wildman–Crippen LogP) is 5.36. The Morgan fingerprint density at radius 3 is 2.54 bits per heavy atom. The second kappa shape index (κ2) is 6.48. The molecule has 128 valence electrons. The third-order valence-electron chi connectivity index (χ3n) is 4.29. The zero-order valence-corrected chi connectivity index (χ0v) is 14.6. The van der Waals surface area contributed by atoms with Crippen LogP contribution in [0.4, 0.5) is 5.69 Å². The molecule has 0 unspecified atom stereocenters. The Morgan fingerprint density at radius 2 is 1.77 bits per heavy atom. The number of rotatable bonds is 3. The average Bonchev–Trinajstić information content (AvgIpc) is 3.05. The first-order valence-electron chi connectivity index (χ1n) is 8.45. The highest BCUT2D eigenvalue weighted by atomic mass is 16.3. The van der Waals surface area contributed by atoms with E-state index in [0.717, 1.165) is 11.1 Å². The van der Waals surface area contributed by atoms with E-state index in [4.69, 9.17) is 4.42 Å². The Bertz CT molecular complexity index is 1100. The van der Waals surface area contributed by atoms with Crippen LogP contribution >= 0.6 is 0 Å². The molecule has 0 radical (unpaired) electrons. The first-order chi connectivity index (χ1) is 12.6. The Balaban J connectivity index is 1.65. The number of carbonyl (C=O) groups excluding carboxylic acids is 1. The summed E-state index contributed by atoms with van der Waals surface area (Å²) in [6, 6.07) is 20.8. The third-order valence-corrected chi connectivity index (χ3v) is 4.29. The number of aromatic nitrogens is 1. The van der Waals surface area contributed by atoms with Crippen LogP contribution in [0.2, 0.25) is 0 Å². The molecule has 4 rings (SSSR count). The van der Waals surface area contributed by atoms with Crippen molar-refractivity contribution in [2.75, 3.05) is 5.32 Å². The lowest BCUT2D eigenvalue weighted by atomic mass is 10.1. The van der Waals surface area contributed by atoms with Crippen molar-refractivity contribution in [2.24, 2.45) is 0 Å². The summed E-state index contributed by atoms with van der Waals surface area (Å²) in [5.41, 5.74) is 6.00. The molecule has 0 spiro atoms. The van der Waals surface area contributed by atoms with E-state index in [9.17, 15) is 4.79 Å². The fraction of sp³-hybridized carbons (Fsp3) is 0.0909. The van der Waals surface area contributed by atoms with Gasteiger partial charge in [0, 0.05) is 16.8 Å². The van der Waals surface area contributed by atoms with E-state index in [1.54, 1.807) is 12.1 Å². The molecule has 1 heterocycles. The Labute approximate surface area is 151 Å².